The van der Waals surface area contributed by atoms with Gasteiger partial charge in [-0.15, -0.1) is 0 Å². The molecule has 0 aromatic heterocycles. The minimum Gasteiger partial charge on any atom is -0.393 e. The van der Waals surface area contributed by atoms with E-state index in [1.165, 1.54) is 25.7 Å². The highest BCUT2D eigenvalue weighted by molar-refractivity contribution is 7.86. The second kappa shape index (κ2) is 14.2. The molecule has 0 spiro atoms. The zero-order chi connectivity index (χ0) is 17.6. The van der Waals surface area contributed by atoms with Crippen molar-refractivity contribution in [2.75, 3.05) is 0 Å². The molecule has 2 unspecified atom stereocenters. The van der Waals surface area contributed by atoms with Crippen LogP contribution in [0.1, 0.15) is 104 Å². The summed E-state index contributed by atoms with van der Waals surface area (Å²) in [6.07, 6.45) is 13.1. The topological polar surface area (TPSA) is 74.6 Å². The summed E-state index contributed by atoms with van der Waals surface area (Å²) >= 11 is 0. The Hall–Kier alpha value is -0.130. The van der Waals surface area contributed by atoms with Gasteiger partial charge in [-0.3, -0.25) is 4.55 Å². The zero-order valence-corrected chi connectivity index (χ0v) is 16.0. The SMILES string of the molecule is CCCCCCCC(O)CCCCCC(CCCC)S(=O)(=O)O. The van der Waals surface area contributed by atoms with Gasteiger partial charge < -0.3 is 5.11 Å². The molecule has 0 aromatic rings. The summed E-state index contributed by atoms with van der Waals surface area (Å²) in [5.41, 5.74) is 0. The Bertz CT molecular complexity index is 354. The third kappa shape index (κ3) is 14.0. The highest BCUT2D eigenvalue weighted by Crippen LogP contribution is 2.18. The van der Waals surface area contributed by atoms with E-state index in [4.69, 9.17) is 0 Å². The molecule has 0 aliphatic rings. The number of aliphatic hydroxyl groups is 1. The van der Waals surface area contributed by atoms with E-state index in [0.717, 1.165) is 51.4 Å². The first-order valence-electron chi connectivity index (χ1n) is 9.56. The normalized spacial score (nSPS) is 14.8. The Balaban J connectivity index is 3.68. The fraction of sp³-hybridized carbons (Fsp3) is 1.00. The van der Waals surface area contributed by atoms with Crippen LogP contribution in [0.25, 0.3) is 0 Å². The third-order valence-corrected chi connectivity index (χ3v) is 5.82. The minimum atomic E-state index is -3.91. The standard InChI is InChI=1S/C18H38O4S/c1-3-5-7-8-10-13-17(19)14-11-9-12-16-18(15-6-4-2)23(20,21)22/h17-19H,3-16H2,1-2H3,(H,20,21,22). The molecule has 2 atom stereocenters. The molecule has 0 fully saturated rings. The van der Waals surface area contributed by atoms with Gasteiger partial charge in [-0.1, -0.05) is 78.1 Å². The average Bonchev–Trinajstić information content (AvgIpc) is 2.48. The number of aliphatic hydroxyl groups excluding tert-OH is 1. The van der Waals surface area contributed by atoms with Crippen molar-refractivity contribution >= 4 is 10.1 Å². The molecule has 0 aliphatic carbocycles. The van der Waals surface area contributed by atoms with Crippen molar-refractivity contribution in [2.24, 2.45) is 0 Å². The molecular weight excluding hydrogens is 312 g/mol. The largest absolute Gasteiger partial charge is 0.393 e. The molecule has 0 radical (unpaired) electrons. The maximum Gasteiger partial charge on any atom is 0.267 e. The quantitative estimate of drug-likeness (QED) is 0.300. The molecule has 0 aromatic carbocycles. The van der Waals surface area contributed by atoms with Gasteiger partial charge in [0, 0.05) is 0 Å². The fourth-order valence-corrected chi connectivity index (χ4v) is 3.86. The average molecular weight is 351 g/mol. The summed E-state index contributed by atoms with van der Waals surface area (Å²) < 4.78 is 31.9. The Morgan fingerprint density at radius 3 is 1.65 bits per heavy atom. The van der Waals surface area contributed by atoms with Crippen molar-refractivity contribution in [3.63, 3.8) is 0 Å². The molecule has 2 N–H and O–H groups in total. The van der Waals surface area contributed by atoms with Gasteiger partial charge in [0.05, 0.1) is 11.4 Å². The van der Waals surface area contributed by atoms with Crippen LogP contribution in [0.5, 0.6) is 0 Å². The van der Waals surface area contributed by atoms with Gasteiger partial charge in [-0.05, 0) is 25.7 Å². The molecule has 23 heavy (non-hydrogen) atoms. The molecular formula is C18H38O4S. The molecule has 5 heteroatoms. The van der Waals surface area contributed by atoms with Gasteiger partial charge in [0.15, 0.2) is 0 Å². The van der Waals surface area contributed by atoms with E-state index in [-0.39, 0.29) is 6.10 Å². The molecule has 0 bridgehead atoms. The van der Waals surface area contributed by atoms with Crippen LogP contribution in [-0.2, 0) is 10.1 Å². The maximum absolute atomic E-state index is 11.3. The van der Waals surface area contributed by atoms with Crippen molar-refractivity contribution in [3.8, 4) is 0 Å². The monoisotopic (exact) mass is 350 g/mol. The van der Waals surface area contributed by atoms with Crippen LogP contribution >= 0.6 is 0 Å². The van der Waals surface area contributed by atoms with Crippen molar-refractivity contribution < 1.29 is 18.1 Å². The number of unbranched alkanes of at least 4 members (excludes halogenated alkanes) is 7. The van der Waals surface area contributed by atoms with Crippen LogP contribution in [0.3, 0.4) is 0 Å². The summed E-state index contributed by atoms with van der Waals surface area (Å²) in [5, 5.41) is 9.32. The van der Waals surface area contributed by atoms with Crippen LogP contribution in [0.15, 0.2) is 0 Å². The Morgan fingerprint density at radius 2 is 1.13 bits per heavy atom. The van der Waals surface area contributed by atoms with Gasteiger partial charge in [0.1, 0.15) is 0 Å². The summed E-state index contributed by atoms with van der Waals surface area (Å²) in [4.78, 5) is 0. The van der Waals surface area contributed by atoms with Crippen LogP contribution in [0.2, 0.25) is 0 Å². The lowest BCUT2D eigenvalue weighted by molar-refractivity contribution is 0.147. The Kier molecular flexibility index (Phi) is 14.2. The van der Waals surface area contributed by atoms with E-state index >= 15 is 0 Å². The van der Waals surface area contributed by atoms with Crippen molar-refractivity contribution in [1.82, 2.24) is 0 Å². The van der Waals surface area contributed by atoms with Crippen LogP contribution in [0.4, 0.5) is 0 Å². The zero-order valence-electron chi connectivity index (χ0n) is 15.2. The van der Waals surface area contributed by atoms with Crippen molar-refractivity contribution in [1.29, 1.82) is 0 Å². The maximum atomic E-state index is 11.3. The molecule has 0 rings (SSSR count). The van der Waals surface area contributed by atoms with Gasteiger partial charge in [-0.25, -0.2) is 0 Å². The van der Waals surface area contributed by atoms with E-state index in [9.17, 15) is 18.1 Å². The lowest BCUT2D eigenvalue weighted by atomic mass is 10.0. The molecule has 4 nitrogen and oxygen atoms in total. The van der Waals surface area contributed by atoms with Gasteiger partial charge in [0.2, 0.25) is 0 Å². The third-order valence-electron chi connectivity index (χ3n) is 4.51. The van der Waals surface area contributed by atoms with E-state index in [0.29, 0.717) is 12.8 Å². The summed E-state index contributed by atoms with van der Waals surface area (Å²) in [6.45, 7) is 4.22. The summed E-state index contributed by atoms with van der Waals surface area (Å²) in [7, 11) is -3.91. The van der Waals surface area contributed by atoms with Crippen LogP contribution < -0.4 is 0 Å². The summed E-state index contributed by atoms with van der Waals surface area (Å²) in [6, 6.07) is 0. The second-order valence-electron chi connectivity index (χ2n) is 6.77. The predicted octanol–water partition coefficient (Wildman–Crippen LogP) is 5.10. The number of hydrogen-bond acceptors (Lipinski definition) is 3. The Morgan fingerprint density at radius 1 is 0.696 bits per heavy atom. The van der Waals surface area contributed by atoms with Crippen molar-refractivity contribution in [3.05, 3.63) is 0 Å². The smallest absolute Gasteiger partial charge is 0.267 e. The van der Waals surface area contributed by atoms with E-state index in [1.54, 1.807) is 0 Å². The lowest BCUT2D eigenvalue weighted by Gasteiger charge is -2.14. The number of rotatable bonds is 16. The highest BCUT2D eigenvalue weighted by atomic mass is 32.2. The molecule has 0 heterocycles. The highest BCUT2D eigenvalue weighted by Gasteiger charge is 2.21. The van der Waals surface area contributed by atoms with E-state index < -0.39 is 15.4 Å². The molecule has 0 saturated carbocycles. The predicted molar refractivity (Wildman–Crippen MR) is 97.3 cm³/mol. The Labute approximate surface area is 143 Å². The van der Waals surface area contributed by atoms with Gasteiger partial charge in [-0.2, -0.15) is 8.42 Å². The second-order valence-corrected chi connectivity index (χ2v) is 8.47. The molecule has 0 aliphatic heterocycles. The van der Waals surface area contributed by atoms with E-state index in [2.05, 4.69) is 6.92 Å². The van der Waals surface area contributed by atoms with Gasteiger partial charge >= 0.3 is 0 Å². The first-order chi connectivity index (χ1) is 10.9. The lowest BCUT2D eigenvalue weighted by Crippen LogP contribution is -2.20. The minimum absolute atomic E-state index is 0.214. The van der Waals surface area contributed by atoms with Crippen LogP contribution in [-0.4, -0.2) is 29.4 Å². The van der Waals surface area contributed by atoms with Gasteiger partial charge in [0.25, 0.3) is 10.1 Å². The number of hydrogen-bond donors (Lipinski definition) is 2. The van der Waals surface area contributed by atoms with E-state index in [1.807, 2.05) is 6.92 Å². The summed E-state index contributed by atoms with van der Waals surface area (Å²) in [5.74, 6) is 0. The molecule has 0 amide bonds. The first-order valence-corrected chi connectivity index (χ1v) is 11.1. The van der Waals surface area contributed by atoms with Crippen molar-refractivity contribution in [2.45, 2.75) is 115 Å². The molecule has 140 valence electrons. The first kappa shape index (κ1) is 22.9. The van der Waals surface area contributed by atoms with Crippen LogP contribution in [0, 0.1) is 0 Å². The molecule has 0 saturated heterocycles. The fourth-order valence-electron chi connectivity index (χ4n) is 2.93.